The van der Waals surface area contributed by atoms with Gasteiger partial charge in [0.25, 0.3) is 5.91 Å². The zero-order valence-electron chi connectivity index (χ0n) is 11.9. The number of nitrogens with one attached hydrogen (secondary N) is 1. The van der Waals surface area contributed by atoms with Gasteiger partial charge in [-0.05, 0) is 36.8 Å². The van der Waals surface area contributed by atoms with E-state index in [1.165, 1.54) is 0 Å². The number of hydrogen-bond acceptors (Lipinski definition) is 3. The summed E-state index contributed by atoms with van der Waals surface area (Å²) < 4.78 is 0. The van der Waals surface area contributed by atoms with E-state index in [1.54, 1.807) is 18.3 Å². The van der Waals surface area contributed by atoms with Gasteiger partial charge in [-0.3, -0.25) is 9.78 Å². The second-order valence-electron chi connectivity index (χ2n) is 4.57. The molecule has 0 radical (unpaired) electrons. The lowest BCUT2D eigenvalue weighted by atomic mass is 10.1. The molecule has 0 atom stereocenters. The van der Waals surface area contributed by atoms with Crippen molar-refractivity contribution in [3.63, 3.8) is 0 Å². The van der Waals surface area contributed by atoms with Crippen molar-refractivity contribution in [3.05, 3.63) is 65.0 Å². The molecule has 0 aliphatic heterocycles. The maximum absolute atomic E-state index is 12.0. The molecule has 0 aliphatic carbocycles. The number of aromatic nitrogens is 1. The highest BCUT2D eigenvalue weighted by Crippen LogP contribution is 2.05. The summed E-state index contributed by atoms with van der Waals surface area (Å²) in [7, 11) is 0. The number of carbonyl (C=O) groups is 1. The fourth-order valence-corrected chi connectivity index (χ4v) is 1.83. The summed E-state index contributed by atoms with van der Waals surface area (Å²) in [6.07, 6.45) is 1.63. The Bertz CT molecular complexity index is 681. The molecule has 3 N–H and O–H groups in total. The minimum absolute atomic E-state index is 0.104. The minimum atomic E-state index is -0.104. The summed E-state index contributed by atoms with van der Waals surface area (Å²) in [5.74, 6) is 5.66. The van der Waals surface area contributed by atoms with Crippen molar-refractivity contribution in [2.75, 3.05) is 6.54 Å². The van der Waals surface area contributed by atoms with Crippen LogP contribution in [0.5, 0.6) is 0 Å². The van der Waals surface area contributed by atoms with Crippen LogP contribution in [-0.4, -0.2) is 17.4 Å². The van der Waals surface area contributed by atoms with Crippen LogP contribution in [0.15, 0.2) is 42.6 Å². The number of nitrogens with two attached hydrogens (primary N) is 1. The number of rotatable bonds is 3. The lowest BCUT2D eigenvalue weighted by molar-refractivity contribution is 0.0950. The van der Waals surface area contributed by atoms with Gasteiger partial charge < -0.3 is 11.1 Å². The average molecular weight is 279 g/mol. The Morgan fingerprint density at radius 1 is 1.29 bits per heavy atom. The Morgan fingerprint density at radius 3 is 2.71 bits per heavy atom. The number of pyridine rings is 1. The van der Waals surface area contributed by atoms with E-state index in [9.17, 15) is 4.79 Å². The van der Waals surface area contributed by atoms with E-state index < -0.39 is 0 Å². The predicted octanol–water partition coefficient (Wildman–Crippen LogP) is 1.63. The van der Waals surface area contributed by atoms with Crippen molar-refractivity contribution in [2.45, 2.75) is 13.5 Å². The maximum atomic E-state index is 12.0. The Morgan fingerprint density at radius 2 is 2.05 bits per heavy atom. The van der Waals surface area contributed by atoms with Gasteiger partial charge in [0, 0.05) is 29.6 Å². The third kappa shape index (κ3) is 4.44. The van der Waals surface area contributed by atoms with Crippen LogP contribution >= 0.6 is 0 Å². The van der Waals surface area contributed by atoms with Gasteiger partial charge in [0.05, 0.1) is 6.54 Å². The molecule has 1 aromatic heterocycles. The molecule has 106 valence electrons. The largest absolute Gasteiger partial charge is 0.348 e. The van der Waals surface area contributed by atoms with Crippen LogP contribution in [0.2, 0.25) is 0 Å². The molecule has 0 spiro atoms. The van der Waals surface area contributed by atoms with Crippen LogP contribution in [0, 0.1) is 18.8 Å². The number of aryl methyl sites for hydroxylation is 1. The molecule has 2 rings (SSSR count). The normalized spacial score (nSPS) is 9.62. The van der Waals surface area contributed by atoms with Crippen molar-refractivity contribution >= 4 is 5.91 Å². The highest BCUT2D eigenvalue weighted by molar-refractivity contribution is 5.94. The molecule has 1 amide bonds. The van der Waals surface area contributed by atoms with Crippen LogP contribution < -0.4 is 11.1 Å². The number of carbonyl (C=O) groups excluding carboxylic acids is 1. The van der Waals surface area contributed by atoms with Gasteiger partial charge in [-0.15, -0.1) is 0 Å². The molecule has 21 heavy (non-hydrogen) atoms. The predicted molar refractivity (Wildman–Crippen MR) is 82.5 cm³/mol. The molecule has 2 aromatic rings. The molecular weight excluding hydrogens is 262 g/mol. The summed E-state index contributed by atoms with van der Waals surface area (Å²) in [6.45, 7) is 2.69. The van der Waals surface area contributed by atoms with Crippen LogP contribution in [0.4, 0.5) is 0 Å². The fraction of sp³-hybridized carbons (Fsp3) is 0.176. The Hall–Kier alpha value is -2.64. The van der Waals surface area contributed by atoms with Gasteiger partial charge in [0.2, 0.25) is 0 Å². The van der Waals surface area contributed by atoms with E-state index in [-0.39, 0.29) is 5.91 Å². The third-order valence-electron chi connectivity index (χ3n) is 2.90. The number of hydrogen-bond donors (Lipinski definition) is 2. The van der Waals surface area contributed by atoms with E-state index in [0.29, 0.717) is 18.7 Å². The number of nitrogens with zero attached hydrogens (tertiary/aromatic N) is 1. The molecule has 4 heteroatoms. The standard InChI is InChI=1S/C17H17N3O/c1-13-11-16(8-10-19-13)17(21)20-12-15-6-4-14(5-7-15)3-2-9-18/h4-8,10-11H,9,12,18H2,1H3,(H,20,21). The molecule has 1 aromatic carbocycles. The van der Waals surface area contributed by atoms with Crippen LogP contribution in [0.1, 0.15) is 27.2 Å². The SMILES string of the molecule is Cc1cc(C(=O)NCc2ccc(C#CCN)cc2)ccn1. The van der Waals surface area contributed by atoms with E-state index in [2.05, 4.69) is 22.1 Å². The van der Waals surface area contributed by atoms with Gasteiger partial charge in [-0.1, -0.05) is 24.0 Å². The van der Waals surface area contributed by atoms with Gasteiger partial charge in [-0.2, -0.15) is 0 Å². The molecule has 1 heterocycles. The van der Waals surface area contributed by atoms with Crippen LogP contribution in [0.25, 0.3) is 0 Å². The second-order valence-corrected chi connectivity index (χ2v) is 4.57. The van der Waals surface area contributed by atoms with E-state index >= 15 is 0 Å². The Balaban J connectivity index is 1.95. The third-order valence-corrected chi connectivity index (χ3v) is 2.90. The zero-order chi connectivity index (χ0) is 15.1. The average Bonchev–Trinajstić information content (AvgIpc) is 2.51. The molecule has 0 unspecified atom stereocenters. The topological polar surface area (TPSA) is 68.0 Å². The van der Waals surface area contributed by atoms with Gasteiger partial charge in [0.1, 0.15) is 0 Å². The molecule has 0 saturated heterocycles. The quantitative estimate of drug-likeness (QED) is 0.839. The van der Waals surface area contributed by atoms with Crippen molar-refractivity contribution in [3.8, 4) is 11.8 Å². The molecular formula is C17H17N3O. The summed E-state index contributed by atoms with van der Waals surface area (Å²) in [5.41, 5.74) is 8.71. The lowest BCUT2D eigenvalue weighted by Crippen LogP contribution is -2.22. The highest BCUT2D eigenvalue weighted by Gasteiger charge is 2.05. The molecule has 0 bridgehead atoms. The van der Waals surface area contributed by atoms with Crippen LogP contribution in [0.3, 0.4) is 0 Å². The summed E-state index contributed by atoms with van der Waals surface area (Å²) in [4.78, 5) is 16.1. The van der Waals surface area contributed by atoms with Gasteiger partial charge >= 0.3 is 0 Å². The summed E-state index contributed by atoms with van der Waals surface area (Å²) in [5, 5.41) is 2.88. The Kier molecular flexibility index (Phi) is 5.08. The molecule has 0 aliphatic rings. The fourth-order valence-electron chi connectivity index (χ4n) is 1.83. The highest BCUT2D eigenvalue weighted by atomic mass is 16.1. The van der Waals surface area contributed by atoms with E-state index in [4.69, 9.17) is 5.73 Å². The molecule has 0 saturated carbocycles. The van der Waals surface area contributed by atoms with Crippen molar-refractivity contribution < 1.29 is 4.79 Å². The first-order valence-electron chi connectivity index (χ1n) is 6.68. The van der Waals surface area contributed by atoms with E-state index in [1.807, 2.05) is 31.2 Å². The summed E-state index contributed by atoms with van der Waals surface area (Å²) >= 11 is 0. The van der Waals surface area contributed by atoms with Gasteiger partial charge in [-0.25, -0.2) is 0 Å². The van der Waals surface area contributed by atoms with Gasteiger partial charge in [0.15, 0.2) is 0 Å². The lowest BCUT2D eigenvalue weighted by Gasteiger charge is -2.06. The number of amides is 1. The van der Waals surface area contributed by atoms with Crippen LogP contribution in [-0.2, 0) is 6.54 Å². The number of benzene rings is 1. The first kappa shape index (κ1) is 14.8. The smallest absolute Gasteiger partial charge is 0.251 e. The van der Waals surface area contributed by atoms with Crippen molar-refractivity contribution in [1.82, 2.24) is 10.3 Å². The maximum Gasteiger partial charge on any atom is 0.251 e. The Labute approximate surface area is 124 Å². The summed E-state index contributed by atoms with van der Waals surface area (Å²) in [6, 6.07) is 11.2. The zero-order valence-corrected chi connectivity index (χ0v) is 11.9. The second kappa shape index (κ2) is 7.22. The minimum Gasteiger partial charge on any atom is -0.348 e. The first-order chi connectivity index (χ1) is 10.2. The van der Waals surface area contributed by atoms with E-state index in [0.717, 1.165) is 16.8 Å². The molecule has 4 nitrogen and oxygen atoms in total. The molecule has 0 fully saturated rings. The first-order valence-corrected chi connectivity index (χ1v) is 6.68. The van der Waals surface area contributed by atoms with Crippen molar-refractivity contribution in [1.29, 1.82) is 0 Å². The van der Waals surface area contributed by atoms with Crippen molar-refractivity contribution in [2.24, 2.45) is 5.73 Å². The monoisotopic (exact) mass is 279 g/mol.